The zero-order chi connectivity index (χ0) is 10.1. The van der Waals surface area contributed by atoms with E-state index >= 15 is 0 Å². The summed E-state index contributed by atoms with van der Waals surface area (Å²) in [6, 6.07) is 0. The van der Waals surface area contributed by atoms with Gasteiger partial charge in [-0.3, -0.25) is 4.79 Å². The highest BCUT2D eigenvalue weighted by atomic mass is 35.5. The molecule has 0 unspecified atom stereocenters. The van der Waals surface area contributed by atoms with Crippen molar-refractivity contribution in [2.24, 2.45) is 0 Å². The van der Waals surface area contributed by atoms with Crippen molar-refractivity contribution in [2.45, 2.75) is 39.5 Å². The van der Waals surface area contributed by atoms with Gasteiger partial charge in [0.15, 0.2) is 0 Å². The lowest BCUT2D eigenvalue weighted by Gasteiger charge is -2.05. The molecule has 1 nitrogen and oxygen atoms in total. The van der Waals surface area contributed by atoms with E-state index in [4.69, 9.17) is 11.6 Å². The van der Waals surface area contributed by atoms with Crippen LogP contribution in [0, 0.1) is 0 Å². The van der Waals surface area contributed by atoms with Crippen LogP contribution < -0.4 is 0 Å². The van der Waals surface area contributed by atoms with Gasteiger partial charge in [0.25, 0.3) is 0 Å². The van der Waals surface area contributed by atoms with E-state index < -0.39 is 0 Å². The summed E-state index contributed by atoms with van der Waals surface area (Å²) in [7, 11) is 0. The number of allylic oxidation sites excluding steroid dienone is 4. The van der Waals surface area contributed by atoms with Crippen molar-refractivity contribution in [3.8, 4) is 0 Å². The van der Waals surface area contributed by atoms with Gasteiger partial charge in [-0.25, -0.2) is 0 Å². The topological polar surface area (TPSA) is 17.1 Å². The lowest BCUT2D eigenvalue weighted by atomic mass is 10.0. The molecule has 1 aliphatic carbocycles. The molecule has 74 valence electrons. The number of halogens is 1. The van der Waals surface area contributed by atoms with E-state index in [0.29, 0.717) is 6.42 Å². The smallest absolute Gasteiger partial charge is 0.221 e. The van der Waals surface area contributed by atoms with Crippen LogP contribution in [0.2, 0.25) is 0 Å². The normalized spacial score (nSPS) is 14.2. The van der Waals surface area contributed by atoms with E-state index in [2.05, 4.69) is 12.2 Å². The van der Waals surface area contributed by atoms with Crippen LogP contribution in [0.3, 0.4) is 0 Å². The van der Waals surface area contributed by atoms with Crippen LogP contribution >= 0.6 is 11.6 Å². The van der Waals surface area contributed by atoms with Gasteiger partial charge in [0.05, 0.1) is 0 Å². The maximum Gasteiger partial charge on any atom is 0.221 e. The van der Waals surface area contributed by atoms with Gasteiger partial charge in [-0.15, -0.1) is 0 Å². The predicted octanol–water partition coefficient (Wildman–Crippen LogP) is 3.83. The van der Waals surface area contributed by atoms with Crippen LogP contribution in [0.25, 0.3) is 0 Å². The van der Waals surface area contributed by atoms with Gasteiger partial charge in [0, 0.05) is 6.42 Å². The second kappa shape index (κ2) is 8.06. The fourth-order valence-electron chi connectivity index (χ4n) is 1.12. The van der Waals surface area contributed by atoms with Gasteiger partial charge in [0.1, 0.15) is 0 Å². The molecule has 0 atom stereocenters. The molecule has 0 fully saturated rings. The Hall–Kier alpha value is -0.560. The van der Waals surface area contributed by atoms with Gasteiger partial charge in [-0.1, -0.05) is 37.6 Å². The number of hydrogen-bond acceptors (Lipinski definition) is 1. The van der Waals surface area contributed by atoms with Crippen LogP contribution in [-0.2, 0) is 4.79 Å². The minimum absolute atomic E-state index is 0.236. The second-order valence-corrected chi connectivity index (χ2v) is 3.07. The molecular formula is C11H17ClO. The molecular weight excluding hydrogens is 184 g/mol. The third-order valence-electron chi connectivity index (χ3n) is 1.74. The van der Waals surface area contributed by atoms with E-state index in [9.17, 15) is 4.79 Å². The average molecular weight is 201 g/mol. The second-order valence-electron chi connectivity index (χ2n) is 2.65. The van der Waals surface area contributed by atoms with Gasteiger partial charge in [-0.05, 0) is 30.9 Å². The molecule has 0 N–H and O–H groups in total. The van der Waals surface area contributed by atoms with Gasteiger partial charge in [-0.2, -0.15) is 0 Å². The first kappa shape index (κ1) is 12.4. The largest absolute Gasteiger partial charge is 0.281 e. The molecule has 0 radical (unpaired) electrons. The van der Waals surface area contributed by atoms with Crippen LogP contribution in [-0.4, -0.2) is 5.24 Å². The zero-order valence-corrected chi connectivity index (χ0v) is 9.10. The maximum absolute atomic E-state index is 10.4. The summed E-state index contributed by atoms with van der Waals surface area (Å²) < 4.78 is 0. The quantitative estimate of drug-likeness (QED) is 0.633. The van der Waals surface area contributed by atoms with E-state index in [1.165, 1.54) is 5.57 Å². The van der Waals surface area contributed by atoms with Gasteiger partial charge in [0.2, 0.25) is 5.24 Å². The summed E-state index contributed by atoms with van der Waals surface area (Å²) >= 11 is 5.21. The molecule has 13 heavy (non-hydrogen) atoms. The fraction of sp³-hybridized carbons (Fsp3) is 0.545. The first-order valence-electron chi connectivity index (χ1n) is 4.82. The van der Waals surface area contributed by atoms with Crippen LogP contribution in [0.15, 0.2) is 23.8 Å². The Morgan fingerprint density at radius 1 is 1.54 bits per heavy atom. The van der Waals surface area contributed by atoms with Gasteiger partial charge < -0.3 is 0 Å². The molecule has 0 aromatic carbocycles. The molecule has 0 saturated carbocycles. The van der Waals surface area contributed by atoms with Crippen molar-refractivity contribution in [1.29, 1.82) is 0 Å². The number of carbonyl (C=O) groups excluding carboxylic acids is 1. The molecule has 1 aliphatic rings. The third-order valence-corrected chi connectivity index (χ3v) is 1.93. The van der Waals surface area contributed by atoms with E-state index in [1.807, 2.05) is 19.9 Å². The first-order chi connectivity index (χ1) is 6.29. The highest BCUT2D eigenvalue weighted by molar-refractivity contribution is 6.63. The molecule has 0 spiro atoms. The molecule has 0 heterocycles. The lowest BCUT2D eigenvalue weighted by molar-refractivity contribution is -0.111. The Kier molecular flexibility index (Phi) is 7.71. The Morgan fingerprint density at radius 3 is 2.69 bits per heavy atom. The first-order valence-corrected chi connectivity index (χ1v) is 5.20. The summed E-state index contributed by atoms with van der Waals surface area (Å²) in [5.41, 5.74) is 1.33. The third kappa shape index (κ3) is 6.59. The number of hydrogen-bond donors (Lipinski definition) is 0. The van der Waals surface area contributed by atoms with Crippen molar-refractivity contribution in [3.05, 3.63) is 23.8 Å². The monoisotopic (exact) mass is 200 g/mol. The van der Waals surface area contributed by atoms with E-state index in [-0.39, 0.29) is 5.24 Å². The lowest BCUT2D eigenvalue weighted by Crippen LogP contribution is -1.91. The summed E-state index contributed by atoms with van der Waals surface area (Å²) in [5, 5.41) is -0.236. The summed E-state index contributed by atoms with van der Waals surface area (Å²) in [4.78, 5) is 10.4. The molecule has 0 aromatic rings. The van der Waals surface area contributed by atoms with Crippen molar-refractivity contribution in [1.82, 2.24) is 0 Å². The molecule has 1 rings (SSSR count). The predicted molar refractivity (Wildman–Crippen MR) is 57.9 cm³/mol. The SMILES string of the molecule is CC.O=C(Cl)CCC1=CC=CCC1. The number of rotatable bonds is 3. The Balaban J connectivity index is 0.000000671. The van der Waals surface area contributed by atoms with E-state index in [0.717, 1.165) is 19.3 Å². The Morgan fingerprint density at radius 2 is 2.23 bits per heavy atom. The minimum atomic E-state index is -0.236. The highest BCUT2D eigenvalue weighted by Crippen LogP contribution is 2.17. The maximum atomic E-state index is 10.4. The van der Waals surface area contributed by atoms with Crippen molar-refractivity contribution < 1.29 is 4.79 Å². The van der Waals surface area contributed by atoms with Crippen molar-refractivity contribution in [2.75, 3.05) is 0 Å². The van der Waals surface area contributed by atoms with Crippen LogP contribution in [0.1, 0.15) is 39.5 Å². The highest BCUT2D eigenvalue weighted by Gasteiger charge is 2.01. The standard InChI is InChI=1S/C9H11ClO.C2H6/c10-9(11)7-6-8-4-2-1-3-5-8;1-2/h1-2,4H,3,5-7H2;1-2H3. The van der Waals surface area contributed by atoms with Crippen molar-refractivity contribution >= 4 is 16.8 Å². The molecule has 0 aromatic heterocycles. The summed E-state index contributed by atoms with van der Waals surface area (Å²) in [6.45, 7) is 4.00. The van der Waals surface area contributed by atoms with Gasteiger partial charge >= 0.3 is 0 Å². The summed E-state index contributed by atoms with van der Waals surface area (Å²) in [5.74, 6) is 0. The van der Waals surface area contributed by atoms with Crippen LogP contribution in [0.4, 0.5) is 0 Å². The van der Waals surface area contributed by atoms with E-state index in [1.54, 1.807) is 0 Å². The molecule has 0 amide bonds. The Bertz CT molecular complexity index is 204. The molecule has 2 heteroatoms. The van der Waals surface area contributed by atoms with Crippen molar-refractivity contribution in [3.63, 3.8) is 0 Å². The molecule has 0 saturated heterocycles. The fourth-order valence-corrected chi connectivity index (χ4v) is 1.21. The average Bonchev–Trinajstić information content (AvgIpc) is 2.19. The number of carbonyl (C=O) groups is 1. The summed E-state index contributed by atoms with van der Waals surface area (Å²) in [6.07, 6.45) is 9.73. The Labute approximate surface area is 85.5 Å². The van der Waals surface area contributed by atoms with Crippen LogP contribution in [0.5, 0.6) is 0 Å². The molecule has 0 aliphatic heterocycles. The minimum Gasteiger partial charge on any atom is -0.281 e. The zero-order valence-electron chi connectivity index (χ0n) is 8.35. The molecule has 0 bridgehead atoms.